The predicted octanol–water partition coefficient (Wildman–Crippen LogP) is 4.00. The average Bonchev–Trinajstić information content (AvgIpc) is 2.64. The first kappa shape index (κ1) is 17.1. The lowest BCUT2D eigenvalue weighted by Gasteiger charge is -2.34. The third-order valence-corrected chi connectivity index (χ3v) is 5.07. The van der Waals surface area contributed by atoms with E-state index >= 15 is 0 Å². The Hall–Kier alpha value is -2.30. The monoisotopic (exact) mass is 349 g/mol. The minimum Gasteiger partial charge on any atom is -0.297 e. The second kappa shape index (κ2) is 7.52. The second-order valence-electron chi connectivity index (χ2n) is 7.16. The zero-order valence-corrected chi connectivity index (χ0v) is 15.2. The summed E-state index contributed by atoms with van der Waals surface area (Å²) in [5.41, 5.74) is 4.11. The van der Waals surface area contributed by atoms with Crippen LogP contribution in [0, 0.1) is 12.7 Å². The molecule has 0 radical (unpaired) electrons. The molecule has 2 aromatic carbocycles. The Morgan fingerprint density at radius 1 is 0.885 bits per heavy atom. The number of hydrogen-bond acceptors (Lipinski definition) is 3. The summed E-state index contributed by atoms with van der Waals surface area (Å²) in [4.78, 5) is 9.44. The van der Waals surface area contributed by atoms with Crippen molar-refractivity contribution < 1.29 is 4.39 Å². The third kappa shape index (κ3) is 3.92. The number of hydrogen-bond donors (Lipinski definition) is 0. The fraction of sp³-hybridized carbons (Fsp3) is 0.318. The predicted molar refractivity (Wildman–Crippen MR) is 103 cm³/mol. The number of aromatic nitrogens is 1. The topological polar surface area (TPSA) is 19.4 Å². The maximum Gasteiger partial charge on any atom is 0.149 e. The fourth-order valence-corrected chi connectivity index (χ4v) is 3.64. The summed E-state index contributed by atoms with van der Waals surface area (Å²) < 4.78 is 13.9. The molecule has 134 valence electrons. The molecule has 0 spiro atoms. The Kier molecular flexibility index (Phi) is 4.96. The Balaban J connectivity index is 1.36. The van der Waals surface area contributed by atoms with Crippen molar-refractivity contribution in [3.8, 4) is 0 Å². The first-order valence-electron chi connectivity index (χ1n) is 9.22. The van der Waals surface area contributed by atoms with Crippen LogP contribution in [0.1, 0.15) is 16.8 Å². The first-order chi connectivity index (χ1) is 12.7. The van der Waals surface area contributed by atoms with E-state index in [1.54, 1.807) is 6.07 Å². The van der Waals surface area contributed by atoms with Gasteiger partial charge in [-0.25, -0.2) is 9.37 Å². The highest BCUT2D eigenvalue weighted by Gasteiger charge is 2.17. The molecule has 0 saturated carbocycles. The van der Waals surface area contributed by atoms with Crippen LogP contribution in [0.15, 0.2) is 54.6 Å². The van der Waals surface area contributed by atoms with E-state index in [0.29, 0.717) is 5.52 Å². The maximum atomic E-state index is 13.9. The second-order valence-corrected chi connectivity index (χ2v) is 7.16. The molecule has 3 aromatic rings. The Labute approximate surface area is 154 Å². The highest BCUT2D eigenvalue weighted by molar-refractivity contribution is 5.79. The largest absolute Gasteiger partial charge is 0.297 e. The van der Waals surface area contributed by atoms with Gasteiger partial charge in [-0.05, 0) is 24.6 Å². The van der Waals surface area contributed by atoms with Crippen molar-refractivity contribution in [3.05, 3.63) is 77.2 Å². The Bertz CT molecular complexity index is 901. The van der Waals surface area contributed by atoms with Crippen LogP contribution in [0.2, 0.25) is 0 Å². The molecule has 4 rings (SSSR count). The van der Waals surface area contributed by atoms with Gasteiger partial charge in [0.15, 0.2) is 0 Å². The standard InChI is InChI=1S/C22H24FN3/c1-17-4-2-5-18(14-17)15-25-10-12-26(13-11-25)16-20-9-8-19-6-3-7-21(23)22(19)24-20/h2-9,14H,10-13,15-16H2,1H3. The lowest BCUT2D eigenvalue weighted by Crippen LogP contribution is -2.45. The highest BCUT2D eigenvalue weighted by atomic mass is 19.1. The molecule has 1 aromatic heterocycles. The van der Waals surface area contributed by atoms with Gasteiger partial charge in [0.1, 0.15) is 11.3 Å². The Morgan fingerprint density at radius 2 is 1.62 bits per heavy atom. The number of benzene rings is 2. The molecule has 0 N–H and O–H groups in total. The number of rotatable bonds is 4. The summed E-state index contributed by atoms with van der Waals surface area (Å²) in [7, 11) is 0. The van der Waals surface area contributed by atoms with E-state index in [9.17, 15) is 4.39 Å². The zero-order valence-electron chi connectivity index (χ0n) is 15.2. The minimum atomic E-state index is -0.243. The van der Waals surface area contributed by atoms with Gasteiger partial charge in [-0.15, -0.1) is 0 Å². The fourth-order valence-electron chi connectivity index (χ4n) is 3.64. The molecule has 0 atom stereocenters. The van der Waals surface area contributed by atoms with E-state index in [2.05, 4.69) is 46.0 Å². The number of piperazine rings is 1. The molecule has 0 unspecified atom stereocenters. The van der Waals surface area contributed by atoms with E-state index in [4.69, 9.17) is 0 Å². The molecule has 4 heteroatoms. The molecule has 1 aliphatic heterocycles. The molecule has 2 heterocycles. The normalized spacial score (nSPS) is 16.2. The molecule has 1 saturated heterocycles. The van der Waals surface area contributed by atoms with E-state index in [1.165, 1.54) is 17.2 Å². The van der Waals surface area contributed by atoms with Crippen LogP contribution in [0.5, 0.6) is 0 Å². The van der Waals surface area contributed by atoms with Crippen molar-refractivity contribution in [2.45, 2.75) is 20.0 Å². The number of para-hydroxylation sites is 1. The zero-order chi connectivity index (χ0) is 17.9. The van der Waals surface area contributed by atoms with E-state index in [-0.39, 0.29) is 5.82 Å². The van der Waals surface area contributed by atoms with Crippen molar-refractivity contribution in [2.75, 3.05) is 26.2 Å². The van der Waals surface area contributed by atoms with Crippen molar-refractivity contribution in [2.24, 2.45) is 0 Å². The SMILES string of the molecule is Cc1cccc(CN2CCN(Cc3ccc4cccc(F)c4n3)CC2)c1. The summed E-state index contributed by atoms with van der Waals surface area (Å²) in [6.45, 7) is 8.07. The summed E-state index contributed by atoms with van der Waals surface area (Å²) in [6.07, 6.45) is 0. The van der Waals surface area contributed by atoms with Gasteiger partial charge in [0, 0.05) is 44.7 Å². The van der Waals surface area contributed by atoms with Gasteiger partial charge < -0.3 is 0 Å². The summed E-state index contributed by atoms with van der Waals surface area (Å²) in [5, 5.41) is 0.858. The van der Waals surface area contributed by atoms with Gasteiger partial charge in [-0.3, -0.25) is 9.80 Å². The van der Waals surface area contributed by atoms with Crippen molar-refractivity contribution in [1.29, 1.82) is 0 Å². The van der Waals surface area contributed by atoms with Crippen LogP contribution in [-0.2, 0) is 13.1 Å². The quantitative estimate of drug-likeness (QED) is 0.710. The van der Waals surface area contributed by atoms with Gasteiger partial charge >= 0.3 is 0 Å². The molecular formula is C22H24FN3. The van der Waals surface area contributed by atoms with Gasteiger partial charge in [0.05, 0.1) is 5.69 Å². The van der Waals surface area contributed by atoms with Gasteiger partial charge in [-0.1, -0.05) is 48.0 Å². The lowest BCUT2D eigenvalue weighted by molar-refractivity contribution is 0.121. The minimum absolute atomic E-state index is 0.243. The van der Waals surface area contributed by atoms with E-state index in [0.717, 1.165) is 50.3 Å². The van der Waals surface area contributed by atoms with Crippen LogP contribution < -0.4 is 0 Å². The van der Waals surface area contributed by atoms with Crippen molar-refractivity contribution in [3.63, 3.8) is 0 Å². The molecule has 1 fully saturated rings. The molecule has 0 aliphatic carbocycles. The van der Waals surface area contributed by atoms with Gasteiger partial charge in [-0.2, -0.15) is 0 Å². The number of nitrogens with zero attached hydrogens (tertiary/aromatic N) is 3. The average molecular weight is 349 g/mol. The van der Waals surface area contributed by atoms with Gasteiger partial charge in [0.2, 0.25) is 0 Å². The van der Waals surface area contributed by atoms with E-state index in [1.807, 2.05) is 18.2 Å². The van der Waals surface area contributed by atoms with Crippen molar-refractivity contribution in [1.82, 2.24) is 14.8 Å². The van der Waals surface area contributed by atoms with Crippen molar-refractivity contribution >= 4 is 10.9 Å². The molecular weight excluding hydrogens is 325 g/mol. The molecule has 0 amide bonds. The van der Waals surface area contributed by atoms with Crippen LogP contribution in [0.25, 0.3) is 10.9 Å². The first-order valence-corrected chi connectivity index (χ1v) is 9.22. The highest BCUT2D eigenvalue weighted by Crippen LogP contribution is 2.17. The lowest BCUT2D eigenvalue weighted by atomic mass is 10.1. The van der Waals surface area contributed by atoms with Crippen LogP contribution >= 0.6 is 0 Å². The maximum absolute atomic E-state index is 13.9. The number of pyridine rings is 1. The number of halogens is 1. The van der Waals surface area contributed by atoms with E-state index < -0.39 is 0 Å². The number of fused-ring (bicyclic) bond motifs is 1. The smallest absolute Gasteiger partial charge is 0.149 e. The molecule has 0 bridgehead atoms. The van der Waals surface area contributed by atoms with Crippen LogP contribution in [0.4, 0.5) is 4.39 Å². The van der Waals surface area contributed by atoms with Gasteiger partial charge in [0.25, 0.3) is 0 Å². The Morgan fingerprint density at radius 3 is 2.38 bits per heavy atom. The molecule has 3 nitrogen and oxygen atoms in total. The summed E-state index contributed by atoms with van der Waals surface area (Å²) in [6, 6.07) is 17.8. The molecule has 1 aliphatic rings. The number of aryl methyl sites for hydroxylation is 1. The third-order valence-electron chi connectivity index (χ3n) is 5.07. The summed E-state index contributed by atoms with van der Waals surface area (Å²) in [5.74, 6) is -0.243. The van der Waals surface area contributed by atoms with Crippen LogP contribution in [0.3, 0.4) is 0 Å². The molecule has 26 heavy (non-hydrogen) atoms. The summed E-state index contributed by atoms with van der Waals surface area (Å²) >= 11 is 0. The van der Waals surface area contributed by atoms with Crippen LogP contribution in [-0.4, -0.2) is 41.0 Å².